The topological polar surface area (TPSA) is 34.0 Å². The molecular formula is C16H19F3N4. The van der Waals surface area contributed by atoms with Crippen LogP contribution >= 0.6 is 0 Å². The van der Waals surface area contributed by atoms with E-state index in [1.165, 1.54) is 6.07 Å². The van der Waals surface area contributed by atoms with Crippen LogP contribution in [0.2, 0.25) is 0 Å². The molecule has 2 aromatic rings. The summed E-state index contributed by atoms with van der Waals surface area (Å²) in [5, 5.41) is 0. The highest BCUT2D eigenvalue weighted by molar-refractivity contribution is 5.40. The molecule has 2 aromatic heterocycles. The standard InChI is InChI=1S/C16H19F3N4/c1-2-14-20-8-10-23(14)12-5-4-9-22(11-12)15-7-3-6-13(21-15)16(17,18)19/h3,6-8,10,12H,2,4-5,9,11H2,1H3. The Morgan fingerprint density at radius 3 is 2.87 bits per heavy atom. The van der Waals surface area contributed by atoms with E-state index in [2.05, 4.69) is 14.5 Å². The molecule has 7 heteroatoms. The van der Waals surface area contributed by atoms with E-state index in [1.807, 2.05) is 18.0 Å². The predicted molar refractivity (Wildman–Crippen MR) is 81.3 cm³/mol. The second kappa shape index (κ2) is 6.22. The normalized spacial score (nSPS) is 19.1. The summed E-state index contributed by atoms with van der Waals surface area (Å²) in [4.78, 5) is 10.1. The molecule has 1 aliphatic rings. The molecular weight excluding hydrogens is 305 g/mol. The van der Waals surface area contributed by atoms with E-state index < -0.39 is 11.9 Å². The minimum Gasteiger partial charge on any atom is -0.355 e. The number of alkyl halides is 3. The molecule has 1 saturated heterocycles. The fourth-order valence-corrected chi connectivity index (χ4v) is 3.10. The number of aryl methyl sites for hydroxylation is 1. The van der Waals surface area contributed by atoms with Crippen molar-refractivity contribution in [2.45, 2.75) is 38.4 Å². The molecule has 1 atom stereocenters. The van der Waals surface area contributed by atoms with Gasteiger partial charge in [-0.05, 0) is 25.0 Å². The van der Waals surface area contributed by atoms with Crippen LogP contribution in [-0.2, 0) is 12.6 Å². The number of rotatable bonds is 3. The summed E-state index contributed by atoms with van der Waals surface area (Å²) in [5.74, 6) is 1.40. The number of nitrogens with zero attached hydrogens (tertiary/aromatic N) is 4. The summed E-state index contributed by atoms with van der Waals surface area (Å²) in [6.07, 6.45) is 2.08. The number of hydrogen-bond acceptors (Lipinski definition) is 3. The Morgan fingerprint density at radius 1 is 1.30 bits per heavy atom. The van der Waals surface area contributed by atoms with E-state index in [0.29, 0.717) is 12.4 Å². The Labute approximate surface area is 133 Å². The van der Waals surface area contributed by atoms with Gasteiger partial charge in [0.1, 0.15) is 17.3 Å². The molecule has 1 unspecified atom stereocenters. The quantitative estimate of drug-likeness (QED) is 0.863. The molecule has 1 fully saturated rings. The van der Waals surface area contributed by atoms with Crippen molar-refractivity contribution >= 4 is 5.82 Å². The van der Waals surface area contributed by atoms with Crippen molar-refractivity contribution in [2.75, 3.05) is 18.0 Å². The molecule has 1 aliphatic heterocycles. The molecule has 23 heavy (non-hydrogen) atoms. The maximum Gasteiger partial charge on any atom is 0.433 e. The second-order valence-corrected chi connectivity index (χ2v) is 5.73. The average Bonchev–Trinajstić information content (AvgIpc) is 3.03. The second-order valence-electron chi connectivity index (χ2n) is 5.73. The highest BCUT2D eigenvalue weighted by atomic mass is 19.4. The predicted octanol–water partition coefficient (Wildman–Crippen LogP) is 3.70. The number of anilines is 1. The summed E-state index contributed by atoms with van der Waals surface area (Å²) in [6.45, 7) is 3.42. The van der Waals surface area contributed by atoms with Gasteiger partial charge in [-0.3, -0.25) is 0 Å². The lowest BCUT2D eigenvalue weighted by Gasteiger charge is -2.35. The molecule has 4 nitrogen and oxygen atoms in total. The van der Waals surface area contributed by atoms with Crippen LogP contribution in [0.15, 0.2) is 30.6 Å². The first-order chi connectivity index (χ1) is 11.0. The van der Waals surface area contributed by atoms with Crippen LogP contribution in [0.4, 0.5) is 19.0 Å². The average molecular weight is 324 g/mol. The van der Waals surface area contributed by atoms with E-state index in [9.17, 15) is 13.2 Å². The number of pyridine rings is 1. The third kappa shape index (κ3) is 3.33. The van der Waals surface area contributed by atoms with Gasteiger partial charge in [0.05, 0.1) is 6.04 Å². The fourth-order valence-electron chi connectivity index (χ4n) is 3.10. The van der Waals surface area contributed by atoms with Gasteiger partial charge in [-0.2, -0.15) is 13.2 Å². The van der Waals surface area contributed by atoms with E-state index in [-0.39, 0.29) is 6.04 Å². The van der Waals surface area contributed by atoms with Crippen molar-refractivity contribution < 1.29 is 13.2 Å². The molecule has 0 bridgehead atoms. The summed E-state index contributed by atoms with van der Waals surface area (Å²) in [6, 6.07) is 4.30. The molecule has 3 heterocycles. The van der Waals surface area contributed by atoms with Crippen molar-refractivity contribution in [2.24, 2.45) is 0 Å². The third-order valence-electron chi connectivity index (χ3n) is 4.20. The maximum atomic E-state index is 12.8. The zero-order valence-corrected chi connectivity index (χ0v) is 12.9. The van der Waals surface area contributed by atoms with Crippen LogP contribution in [0.5, 0.6) is 0 Å². The van der Waals surface area contributed by atoms with Gasteiger partial charge in [-0.1, -0.05) is 13.0 Å². The van der Waals surface area contributed by atoms with Gasteiger partial charge in [0.25, 0.3) is 0 Å². The number of imidazole rings is 1. The number of halogens is 3. The van der Waals surface area contributed by atoms with Gasteiger partial charge < -0.3 is 9.47 Å². The van der Waals surface area contributed by atoms with Crippen molar-refractivity contribution in [1.29, 1.82) is 0 Å². The largest absolute Gasteiger partial charge is 0.433 e. The molecule has 0 aliphatic carbocycles. The lowest BCUT2D eigenvalue weighted by atomic mass is 10.1. The Balaban J connectivity index is 1.81. The van der Waals surface area contributed by atoms with Crippen LogP contribution < -0.4 is 4.90 Å². The van der Waals surface area contributed by atoms with Crippen LogP contribution in [0, 0.1) is 0 Å². The molecule has 0 saturated carbocycles. The van der Waals surface area contributed by atoms with Gasteiger partial charge in [0.2, 0.25) is 0 Å². The first-order valence-electron chi connectivity index (χ1n) is 7.80. The lowest BCUT2D eigenvalue weighted by Crippen LogP contribution is -2.37. The zero-order valence-electron chi connectivity index (χ0n) is 12.9. The molecule has 0 amide bonds. The Kier molecular flexibility index (Phi) is 4.28. The third-order valence-corrected chi connectivity index (χ3v) is 4.20. The Morgan fingerprint density at radius 2 is 2.13 bits per heavy atom. The Bertz CT molecular complexity index is 665. The van der Waals surface area contributed by atoms with Gasteiger partial charge in [0.15, 0.2) is 0 Å². The van der Waals surface area contributed by atoms with E-state index in [1.54, 1.807) is 12.3 Å². The van der Waals surface area contributed by atoms with Crippen molar-refractivity contribution in [3.8, 4) is 0 Å². The van der Waals surface area contributed by atoms with E-state index in [4.69, 9.17) is 0 Å². The maximum absolute atomic E-state index is 12.8. The monoisotopic (exact) mass is 324 g/mol. The van der Waals surface area contributed by atoms with Crippen LogP contribution in [0.3, 0.4) is 0 Å². The first-order valence-corrected chi connectivity index (χ1v) is 7.80. The smallest absolute Gasteiger partial charge is 0.355 e. The first kappa shape index (κ1) is 15.8. The molecule has 0 radical (unpaired) electrons. The minimum atomic E-state index is -4.41. The van der Waals surface area contributed by atoms with Crippen molar-refractivity contribution in [3.05, 3.63) is 42.1 Å². The molecule has 0 N–H and O–H groups in total. The van der Waals surface area contributed by atoms with E-state index >= 15 is 0 Å². The number of piperidine rings is 1. The van der Waals surface area contributed by atoms with Crippen molar-refractivity contribution in [3.63, 3.8) is 0 Å². The lowest BCUT2D eigenvalue weighted by molar-refractivity contribution is -0.141. The van der Waals surface area contributed by atoms with E-state index in [0.717, 1.165) is 37.7 Å². The highest BCUT2D eigenvalue weighted by Crippen LogP contribution is 2.31. The van der Waals surface area contributed by atoms with Crippen LogP contribution in [0.25, 0.3) is 0 Å². The van der Waals surface area contributed by atoms with Crippen molar-refractivity contribution in [1.82, 2.24) is 14.5 Å². The molecule has 0 aromatic carbocycles. The molecule has 3 rings (SSSR count). The molecule has 0 spiro atoms. The van der Waals surface area contributed by atoms with Gasteiger partial charge in [-0.25, -0.2) is 9.97 Å². The highest BCUT2D eigenvalue weighted by Gasteiger charge is 2.33. The van der Waals surface area contributed by atoms with Crippen LogP contribution in [0.1, 0.15) is 37.3 Å². The number of hydrogen-bond donors (Lipinski definition) is 0. The van der Waals surface area contributed by atoms with Crippen LogP contribution in [-0.4, -0.2) is 27.6 Å². The van der Waals surface area contributed by atoms with Gasteiger partial charge in [-0.15, -0.1) is 0 Å². The number of aromatic nitrogens is 3. The molecule has 124 valence electrons. The zero-order chi connectivity index (χ0) is 16.4. The summed E-state index contributed by atoms with van der Waals surface area (Å²) in [7, 11) is 0. The summed E-state index contributed by atoms with van der Waals surface area (Å²) >= 11 is 0. The van der Waals surface area contributed by atoms with Gasteiger partial charge in [0, 0.05) is 31.9 Å². The van der Waals surface area contributed by atoms with Gasteiger partial charge >= 0.3 is 6.18 Å². The fraction of sp³-hybridized carbons (Fsp3) is 0.500. The minimum absolute atomic E-state index is 0.220. The Hall–Kier alpha value is -2.05. The summed E-state index contributed by atoms with van der Waals surface area (Å²) < 4.78 is 40.7. The summed E-state index contributed by atoms with van der Waals surface area (Å²) in [5.41, 5.74) is -0.839. The SMILES string of the molecule is CCc1nccn1C1CCCN(c2cccc(C(F)(F)F)n2)C1.